The van der Waals surface area contributed by atoms with Crippen LogP contribution in [0.15, 0.2) is 16.5 Å². The molecule has 2 rings (SSSR count). The highest BCUT2D eigenvalue weighted by Gasteiger charge is 2.10. The number of hydrogen-bond acceptors (Lipinski definition) is 6. The Morgan fingerprint density at radius 1 is 1.47 bits per heavy atom. The van der Waals surface area contributed by atoms with Gasteiger partial charge < -0.3 is 10.2 Å². The lowest BCUT2D eigenvalue weighted by Gasteiger charge is -2.07. The third-order valence-electron chi connectivity index (χ3n) is 2.28. The first-order valence-electron chi connectivity index (χ1n) is 5.40. The fraction of sp³-hybridized carbons (Fsp3) is 0.455. The van der Waals surface area contributed by atoms with Gasteiger partial charge in [0.15, 0.2) is 0 Å². The second-order valence-electron chi connectivity index (χ2n) is 3.59. The van der Waals surface area contributed by atoms with Gasteiger partial charge in [-0.25, -0.2) is 9.97 Å². The molecule has 0 saturated heterocycles. The summed E-state index contributed by atoms with van der Waals surface area (Å²) < 4.78 is 0. The van der Waals surface area contributed by atoms with Gasteiger partial charge in [-0.05, 0) is 11.4 Å². The Balaban J connectivity index is 2.27. The van der Waals surface area contributed by atoms with E-state index in [4.69, 9.17) is 5.11 Å². The lowest BCUT2D eigenvalue weighted by Crippen LogP contribution is -2.14. The summed E-state index contributed by atoms with van der Waals surface area (Å²) >= 11 is 3.06. The summed E-state index contributed by atoms with van der Waals surface area (Å²) in [5, 5.41) is 22.1. The first-order chi connectivity index (χ1) is 8.24. The predicted molar refractivity (Wildman–Crippen MR) is 70.6 cm³/mol. The molecule has 0 fully saturated rings. The van der Waals surface area contributed by atoms with E-state index in [9.17, 15) is 5.11 Å². The lowest BCUT2D eigenvalue weighted by atomic mass is 10.4. The van der Waals surface area contributed by atoms with Gasteiger partial charge in [0.05, 0.1) is 12.7 Å². The van der Waals surface area contributed by atoms with Gasteiger partial charge in [0.2, 0.25) is 0 Å². The Morgan fingerprint density at radius 3 is 3.00 bits per heavy atom. The summed E-state index contributed by atoms with van der Waals surface area (Å²) in [4.78, 5) is 9.89. The van der Waals surface area contributed by atoms with Crippen molar-refractivity contribution < 1.29 is 10.2 Å². The fourth-order valence-electron chi connectivity index (χ4n) is 1.37. The molecule has 2 N–H and O–H groups in total. The molecule has 0 aliphatic carbocycles. The molecular formula is C11H14N2O2S2. The Kier molecular flexibility index (Phi) is 4.33. The van der Waals surface area contributed by atoms with Crippen molar-refractivity contribution in [3.8, 4) is 0 Å². The minimum atomic E-state index is -0.700. The number of thiophene rings is 1. The van der Waals surface area contributed by atoms with Crippen LogP contribution in [-0.2, 0) is 6.42 Å². The Hall–Kier alpha value is -0.690. The number of aliphatic hydroxyl groups excluding tert-OH is 2. The number of aliphatic hydroxyl groups is 2. The zero-order valence-electron chi connectivity index (χ0n) is 9.46. The maximum absolute atomic E-state index is 9.36. The second kappa shape index (κ2) is 5.77. The predicted octanol–water partition coefficient (Wildman–Crippen LogP) is 1.70. The standard InChI is InChI=1S/C11H14N2O2S2/c1-2-9-12-10-8(3-4-16-10)11(13-9)17-6-7(15)5-14/h3-4,7,14-15H,2,5-6H2,1H3/t7-/m0/s1. The van der Waals surface area contributed by atoms with Gasteiger partial charge in [-0.2, -0.15) is 0 Å². The molecule has 17 heavy (non-hydrogen) atoms. The lowest BCUT2D eigenvalue weighted by molar-refractivity contribution is 0.113. The molecule has 2 aromatic heterocycles. The second-order valence-corrected chi connectivity index (χ2v) is 5.49. The number of aryl methyl sites for hydroxylation is 1. The van der Waals surface area contributed by atoms with E-state index in [2.05, 4.69) is 9.97 Å². The number of fused-ring (bicyclic) bond motifs is 1. The van der Waals surface area contributed by atoms with Crippen LogP contribution in [0.4, 0.5) is 0 Å². The molecule has 0 amide bonds. The van der Waals surface area contributed by atoms with Gasteiger partial charge in [-0.3, -0.25) is 0 Å². The SMILES string of the molecule is CCc1nc(SC[C@@H](O)CO)c2ccsc2n1. The van der Waals surface area contributed by atoms with Crippen LogP contribution in [0.1, 0.15) is 12.7 Å². The van der Waals surface area contributed by atoms with Crippen molar-refractivity contribution in [2.45, 2.75) is 24.5 Å². The summed E-state index contributed by atoms with van der Waals surface area (Å²) in [5.74, 6) is 1.27. The summed E-state index contributed by atoms with van der Waals surface area (Å²) in [6.45, 7) is 1.80. The molecule has 0 radical (unpaired) electrons. The van der Waals surface area contributed by atoms with E-state index in [1.165, 1.54) is 11.8 Å². The van der Waals surface area contributed by atoms with E-state index in [1.807, 2.05) is 18.4 Å². The van der Waals surface area contributed by atoms with Gasteiger partial charge in [-0.1, -0.05) is 6.92 Å². The highest BCUT2D eigenvalue weighted by atomic mass is 32.2. The number of thioether (sulfide) groups is 1. The van der Waals surface area contributed by atoms with Crippen molar-refractivity contribution in [2.75, 3.05) is 12.4 Å². The molecule has 0 aliphatic heterocycles. The van der Waals surface area contributed by atoms with E-state index in [-0.39, 0.29) is 6.61 Å². The van der Waals surface area contributed by atoms with Crippen LogP contribution in [0.5, 0.6) is 0 Å². The molecule has 0 spiro atoms. The van der Waals surface area contributed by atoms with Crippen LogP contribution in [0.3, 0.4) is 0 Å². The average Bonchev–Trinajstić information content (AvgIpc) is 2.83. The van der Waals surface area contributed by atoms with Crippen LogP contribution in [0, 0.1) is 0 Å². The van der Waals surface area contributed by atoms with Gasteiger partial charge in [-0.15, -0.1) is 23.1 Å². The molecule has 92 valence electrons. The van der Waals surface area contributed by atoms with Crippen molar-refractivity contribution >= 4 is 33.3 Å². The maximum atomic E-state index is 9.36. The largest absolute Gasteiger partial charge is 0.394 e. The van der Waals surface area contributed by atoms with E-state index >= 15 is 0 Å². The van der Waals surface area contributed by atoms with Crippen LogP contribution in [-0.4, -0.2) is 38.6 Å². The molecule has 0 unspecified atom stereocenters. The molecule has 2 heterocycles. The van der Waals surface area contributed by atoms with E-state index in [0.29, 0.717) is 5.75 Å². The third kappa shape index (κ3) is 2.95. The van der Waals surface area contributed by atoms with Crippen LogP contribution < -0.4 is 0 Å². The van der Waals surface area contributed by atoms with Crippen molar-refractivity contribution in [3.05, 3.63) is 17.3 Å². The van der Waals surface area contributed by atoms with Crippen LogP contribution in [0.25, 0.3) is 10.2 Å². The third-order valence-corrected chi connectivity index (χ3v) is 4.22. The monoisotopic (exact) mass is 270 g/mol. The minimum Gasteiger partial charge on any atom is -0.394 e. The number of aromatic nitrogens is 2. The molecule has 0 saturated carbocycles. The molecule has 2 aromatic rings. The topological polar surface area (TPSA) is 66.2 Å². The minimum absolute atomic E-state index is 0.217. The van der Waals surface area contributed by atoms with Gasteiger partial charge in [0.1, 0.15) is 15.7 Å². The highest BCUT2D eigenvalue weighted by molar-refractivity contribution is 7.99. The first-order valence-corrected chi connectivity index (χ1v) is 7.27. The summed E-state index contributed by atoms with van der Waals surface area (Å²) in [6, 6.07) is 1.99. The molecule has 4 nitrogen and oxygen atoms in total. The Bertz CT molecular complexity index is 501. The van der Waals surface area contributed by atoms with Gasteiger partial charge >= 0.3 is 0 Å². The van der Waals surface area contributed by atoms with Crippen molar-refractivity contribution in [3.63, 3.8) is 0 Å². The fourth-order valence-corrected chi connectivity index (χ4v) is 3.16. The van der Waals surface area contributed by atoms with Gasteiger partial charge in [0, 0.05) is 17.6 Å². The zero-order chi connectivity index (χ0) is 12.3. The van der Waals surface area contributed by atoms with E-state index < -0.39 is 6.10 Å². The highest BCUT2D eigenvalue weighted by Crippen LogP contribution is 2.29. The molecule has 0 aliphatic rings. The molecule has 0 bridgehead atoms. The molecule has 6 heteroatoms. The van der Waals surface area contributed by atoms with Gasteiger partial charge in [0.25, 0.3) is 0 Å². The summed E-state index contributed by atoms with van der Waals surface area (Å²) in [5.41, 5.74) is 0. The number of nitrogens with zero attached hydrogens (tertiary/aromatic N) is 2. The molecular weight excluding hydrogens is 256 g/mol. The first kappa shape index (κ1) is 12.8. The van der Waals surface area contributed by atoms with Crippen LogP contribution in [0.2, 0.25) is 0 Å². The average molecular weight is 270 g/mol. The Morgan fingerprint density at radius 2 is 2.29 bits per heavy atom. The zero-order valence-corrected chi connectivity index (χ0v) is 11.1. The van der Waals surface area contributed by atoms with E-state index in [1.54, 1.807) is 11.3 Å². The summed E-state index contributed by atoms with van der Waals surface area (Å²) in [6.07, 6.45) is 0.0953. The summed E-state index contributed by atoms with van der Waals surface area (Å²) in [7, 11) is 0. The van der Waals surface area contributed by atoms with E-state index in [0.717, 1.165) is 27.5 Å². The van der Waals surface area contributed by atoms with Crippen LogP contribution >= 0.6 is 23.1 Å². The van der Waals surface area contributed by atoms with Crippen molar-refractivity contribution in [1.29, 1.82) is 0 Å². The maximum Gasteiger partial charge on any atom is 0.131 e. The molecule has 0 aromatic carbocycles. The Labute approximate surface area is 108 Å². The smallest absolute Gasteiger partial charge is 0.131 e. The number of hydrogen-bond donors (Lipinski definition) is 2. The molecule has 1 atom stereocenters. The quantitative estimate of drug-likeness (QED) is 0.639. The van der Waals surface area contributed by atoms with Crippen molar-refractivity contribution in [1.82, 2.24) is 9.97 Å². The van der Waals surface area contributed by atoms with Crippen molar-refractivity contribution in [2.24, 2.45) is 0 Å². The normalized spacial score (nSPS) is 13.1. The number of rotatable bonds is 5.